The van der Waals surface area contributed by atoms with Gasteiger partial charge in [0.15, 0.2) is 0 Å². The van der Waals surface area contributed by atoms with Crippen molar-refractivity contribution in [1.29, 1.82) is 0 Å². The quantitative estimate of drug-likeness (QED) is 0.601. The number of methoxy groups -OCH3 is 1. The van der Waals surface area contributed by atoms with Crippen LogP contribution in [0.1, 0.15) is 22.6 Å². The fourth-order valence-electron chi connectivity index (χ4n) is 3.82. The highest BCUT2D eigenvalue weighted by Gasteiger charge is 2.34. The molecule has 1 unspecified atom stereocenters. The molecule has 4 N–H and O–H groups in total. The number of H-pyrrole nitrogens is 1. The molecule has 0 saturated carbocycles. The lowest BCUT2D eigenvalue weighted by Gasteiger charge is -2.25. The first-order valence-electron chi connectivity index (χ1n) is 8.34. The van der Waals surface area contributed by atoms with Gasteiger partial charge in [-0.05, 0) is 12.5 Å². The molecule has 0 fully saturated rings. The Morgan fingerprint density at radius 3 is 2.88 bits per heavy atom. The Kier molecular flexibility index (Phi) is 3.96. The number of nitrogens with one attached hydrogen (secondary N) is 1. The minimum atomic E-state index is -0.134. The molecular formula is C17H21ClN6O2. The number of hydrogen-bond donors (Lipinski definition) is 3. The van der Waals surface area contributed by atoms with Crippen LogP contribution in [0.3, 0.4) is 0 Å². The van der Waals surface area contributed by atoms with Gasteiger partial charge in [0.2, 0.25) is 5.95 Å². The standard InChI is InChI=1S/C17H21ClN6O2/c1-8-10(14-11(22-23(14)2)4-12(8)26-3)6-24-5-9(7-25)13-15(18)20-17(19)21-16(13)24/h4,9,22,25H,5-7H2,1-3H3,(H2,19,20,21). The normalized spacial score (nSPS) is 16.5. The summed E-state index contributed by atoms with van der Waals surface area (Å²) in [5.41, 5.74) is 10.9. The van der Waals surface area contributed by atoms with Crippen LogP contribution in [0.2, 0.25) is 5.15 Å². The van der Waals surface area contributed by atoms with Crippen LogP contribution in [0.25, 0.3) is 11.0 Å². The van der Waals surface area contributed by atoms with Crippen molar-refractivity contribution in [3.63, 3.8) is 0 Å². The number of aliphatic hydroxyl groups is 1. The largest absolute Gasteiger partial charge is 0.496 e. The van der Waals surface area contributed by atoms with Gasteiger partial charge in [0, 0.05) is 43.2 Å². The van der Waals surface area contributed by atoms with Crippen molar-refractivity contribution in [2.75, 3.05) is 30.9 Å². The van der Waals surface area contributed by atoms with Crippen molar-refractivity contribution in [3.05, 3.63) is 27.9 Å². The Morgan fingerprint density at radius 1 is 1.46 bits per heavy atom. The highest BCUT2D eigenvalue weighted by molar-refractivity contribution is 6.30. The van der Waals surface area contributed by atoms with Crippen molar-refractivity contribution in [3.8, 4) is 5.75 Å². The number of fused-ring (bicyclic) bond motifs is 2. The van der Waals surface area contributed by atoms with Crippen molar-refractivity contribution >= 4 is 34.4 Å². The third-order valence-electron chi connectivity index (χ3n) is 5.10. The van der Waals surface area contributed by atoms with Crippen LogP contribution in [0.5, 0.6) is 5.75 Å². The molecular weight excluding hydrogens is 356 g/mol. The van der Waals surface area contributed by atoms with E-state index in [0.717, 1.165) is 33.5 Å². The minimum Gasteiger partial charge on any atom is -0.496 e. The molecule has 0 spiro atoms. The first-order valence-corrected chi connectivity index (χ1v) is 8.72. The lowest BCUT2D eigenvalue weighted by Crippen LogP contribution is -2.25. The van der Waals surface area contributed by atoms with Crippen LogP contribution >= 0.6 is 11.6 Å². The van der Waals surface area contributed by atoms with Crippen LogP contribution < -0.4 is 15.4 Å². The maximum absolute atomic E-state index is 9.77. The number of nitrogen functional groups attached to an aromatic ring is 1. The topological polar surface area (TPSA) is 105 Å². The molecule has 4 rings (SSSR count). The molecule has 1 aromatic carbocycles. The van der Waals surface area contributed by atoms with E-state index in [1.165, 1.54) is 0 Å². The van der Waals surface area contributed by atoms with Gasteiger partial charge in [-0.1, -0.05) is 11.6 Å². The molecule has 0 radical (unpaired) electrons. The van der Waals surface area contributed by atoms with Gasteiger partial charge in [-0.3, -0.25) is 9.78 Å². The summed E-state index contributed by atoms with van der Waals surface area (Å²) in [4.78, 5) is 10.5. The van der Waals surface area contributed by atoms with Gasteiger partial charge in [-0.25, -0.2) is 4.98 Å². The first kappa shape index (κ1) is 17.0. The number of rotatable bonds is 4. The summed E-state index contributed by atoms with van der Waals surface area (Å²) >= 11 is 6.28. The van der Waals surface area contributed by atoms with Crippen LogP contribution in [0.15, 0.2) is 6.07 Å². The number of anilines is 2. The Bertz CT molecular complexity index is 995. The van der Waals surface area contributed by atoms with Crippen molar-refractivity contribution in [1.82, 2.24) is 19.7 Å². The Balaban J connectivity index is 1.81. The SMILES string of the molecule is COc1cc2[nH]n(C)c2c(CN2CC(CO)c3c(Cl)nc(N)nc32)c1C. The predicted molar refractivity (Wildman–Crippen MR) is 101 cm³/mol. The molecule has 1 aliphatic heterocycles. The number of aryl methyl sites for hydroxylation is 1. The molecule has 0 aliphatic carbocycles. The molecule has 3 aromatic rings. The summed E-state index contributed by atoms with van der Waals surface area (Å²) < 4.78 is 7.51. The molecule has 138 valence electrons. The zero-order chi connectivity index (χ0) is 18.6. The second-order valence-electron chi connectivity index (χ2n) is 6.62. The fourth-order valence-corrected chi connectivity index (χ4v) is 4.14. The van der Waals surface area contributed by atoms with Gasteiger partial charge in [-0.15, -0.1) is 0 Å². The first-order chi connectivity index (χ1) is 12.4. The third kappa shape index (κ3) is 2.40. The second kappa shape index (κ2) is 6.07. The Labute approximate surface area is 155 Å². The zero-order valence-electron chi connectivity index (χ0n) is 14.9. The average molecular weight is 377 g/mol. The van der Waals surface area contributed by atoms with Crippen LogP contribution in [0.4, 0.5) is 11.8 Å². The number of ether oxygens (including phenoxy) is 1. The number of aromatic amines is 1. The lowest BCUT2D eigenvalue weighted by atomic mass is 10.0. The summed E-state index contributed by atoms with van der Waals surface area (Å²) in [6, 6.07) is 2.00. The molecule has 1 atom stereocenters. The van der Waals surface area contributed by atoms with E-state index >= 15 is 0 Å². The molecule has 1 aliphatic rings. The second-order valence-corrected chi connectivity index (χ2v) is 6.98. The molecule has 0 saturated heterocycles. The van der Waals surface area contributed by atoms with E-state index in [-0.39, 0.29) is 18.5 Å². The number of halogens is 1. The van der Waals surface area contributed by atoms with Gasteiger partial charge in [-0.2, -0.15) is 4.98 Å². The summed E-state index contributed by atoms with van der Waals surface area (Å²) in [5, 5.41) is 13.3. The predicted octanol–water partition coefficient (Wildman–Crippen LogP) is 1.95. The molecule has 9 heteroatoms. The third-order valence-corrected chi connectivity index (χ3v) is 5.38. The Morgan fingerprint density at radius 2 is 2.23 bits per heavy atom. The van der Waals surface area contributed by atoms with Crippen LogP contribution in [0, 0.1) is 6.92 Å². The van der Waals surface area contributed by atoms with Crippen molar-refractivity contribution in [2.45, 2.75) is 19.4 Å². The number of benzene rings is 1. The van der Waals surface area contributed by atoms with E-state index < -0.39 is 0 Å². The molecule has 8 nitrogen and oxygen atoms in total. The van der Waals surface area contributed by atoms with Gasteiger partial charge >= 0.3 is 0 Å². The molecule has 3 heterocycles. The van der Waals surface area contributed by atoms with Gasteiger partial charge in [0.05, 0.1) is 24.8 Å². The highest BCUT2D eigenvalue weighted by atomic mass is 35.5. The number of hydrogen-bond acceptors (Lipinski definition) is 6. The van der Waals surface area contributed by atoms with E-state index in [0.29, 0.717) is 24.1 Å². The zero-order valence-corrected chi connectivity index (χ0v) is 15.6. The Hall–Kier alpha value is -2.45. The number of aliphatic hydroxyl groups excluding tert-OH is 1. The van der Waals surface area contributed by atoms with Crippen molar-refractivity contribution in [2.24, 2.45) is 7.05 Å². The summed E-state index contributed by atoms with van der Waals surface area (Å²) in [7, 11) is 3.64. The van der Waals surface area contributed by atoms with Crippen LogP contribution in [-0.2, 0) is 13.6 Å². The van der Waals surface area contributed by atoms with E-state index in [4.69, 9.17) is 22.1 Å². The van der Waals surface area contributed by atoms with E-state index in [2.05, 4.69) is 20.0 Å². The minimum absolute atomic E-state index is 0.0207. The smallest absolute Gasteiger partial charge is 0.223 e. The molecule has 0 bridgehead atoms. The van der Waals surface area contributed by atoms with E-state index in [1.54, 1.807) is 7.11 Å². The average Bonchev–Trinajstić information content (AvgIpc) is 2.94. The molecule has 26 heavy (non-hydrogen) atoms. The monoisotopic (exact) mass is 376 g/mol. The molecule has 0 amide bonds. The van der Waals surface area contributed by atoms with Gasteiger partial charge in [0.25, 0.3) is 0 Å². The number of nitrogens with two attached hydrogens (primary N) is 1. The number of aromatic nitrogens is 4. The maximum atomic E-state index is 9.77. The number of nitrogens with zero attached hydrogens (tertiary/aromatic N) is 4. The molecule has 2 aromatic heterocycles. The summed E-state index contributed by atoms with van der Waals surface area (Å²) in [6.07, 6.45) is 0. The van der Waals surface area contributed by atoms with Crippen molar-refractivity contribution < 1.29 is 9.84 Å². The summed E-state index contributed by atoms with van der Waals surface area (Å²) in [5.74, 6) is 1.52. The van der Waals surface area contributed by atoms with E-state index in [9.17, 15) is 5.11 Å². The fraction of sp³-hybridized carbons (Fsp3) is 0.412. The van der Waals surface area contributed by atoms with E-state index in [1.807, 2.05) is 24.7 Å². The highest BCUT2D eigenvalue weighted by Crippen LogP contribution is 2.41. The van der Waals surface area contributed by atoms with Crippen LogP contribution in [-0.4, -0.2) is 45.1 Å². The summed E-state index contributed by atoms with van der Waals surface area (Å²) in [6.45, 7) is 3.23. The van der Waals surface area contributed by atoms with Gasteiger partial charge < -0.3 is 20.5 Å². The lowest BCUT2D eigenvalue weighted by molar-refractivity contribution is 0.270. The maximum Gasteiger partial charge on any atom is 0.223 e. The van der Waals surface area contributed by atoms with Gasteiger partial charge in [0.1, 0.15) is 16.7 Å².